The topological polar surface area (TPSA) is 56.2 Å². The Bertz CT molecular complexity index is 637. The third-order valence-corrected chi connectivity index (χ3v) is 3.29. The number of methoxy groups -OCH3 is 1. The van der Waals surface area contributed by atoms with E-state index in [1.54, 1.807) is 7.11 Å². The number of hydrogen-bond donors (Lipinski definition) is 1. The first-order valence-corrected chi connectivity index (χ1v) is 7.47. The van der Waals surface area contributed by atoms with E-state index in [-0.39, 0.29) is 18.5 Å². The molecule has 0 aliphatic rings. The Morgan fingerprint density at radius 3 is 2.86 bits per heavy atom. The second-order valence-electron chi connectivity index (χ2n) is 5.13. The fourth-order valence-corrected chi connectivity index (χ4v) is 2.41. The molecule has 0 aliphatic heterocycles. The van der Waals surface area contributed by atoms with Crippen molar-refractivity contribution in [1.82, 2.24) is 14.9 Å². The monoisotopic (exact) mass is 309 g/mol. The van der Waals surface area contributed by atoms with Gasteiger partial charge in [-0.2, -0.15) is 0 Å². The first-order chi connectivity index (χ1) is 10.0. The number of nitrogens with one attached hydrogen (secondary N) is 1. The summed E-state index contributed by atoms with van der Waals surface area (Å²) in [6, 6.07) is 5.75. The van der Waals surface area contributed by atoms with Gasteiger partial charge in [0.05, 0.1) is 18.1 Å². The van der Waals surface area contributed by atoms with Crippen LogP contribution >= 0.6 is 11.6 Å². The van der Waals surface area contributed by atoms with Crippen LogP contribution < -0.4 is 10.1 Å². The van der Waals surface area contributed by atoms with Crippen LogP contribution in [-0.2, 0) is 17.8 Å². The van der Waals surface area contributed by atoms with Crippen molar-refractivity contribution >= 4 is 28.5 Å². The van der Waals surface area contributed by atoms with Crippen LogP contribution in [0.4, 0.5) is 0 Å². The number of hydrogen-bond acceptors (Lipinski definition) is 3. The van der Waals surface area contributed by atoms with Gasteiger partial charge in [0, 0.05) is 24.4 Å². The molecule has 1 amide bonds. The number of halogens is 1. The SMILES string of the molecule is COc1ccc2nc(CCCl)n(CC(=O)NC(C)C)c2c1. The van der Waals surface area contributed by atoms with Crippen LogP contribution in [0.1, 0.15) is 19.7 Å². The van der Waals surface area contributed by atoms with E-state index in [4.69, 9.17) is 16.3 Å². The summed E-state index contributed by atoms with van der Waals surface area (Å²) >= 11 is 5.84. The number of rotatable bonds is 6. The van der Waals surface area contributed by atoms with Crippen molar-refractivity contribution in [3.63, 3.8) is 0 Å². The maximum atomic E-state index is 12.1. The number of ether oxygens (including phenoxy) is 1. The van der Waals surface area contributed by atoms with Gasteiger partial charge in [0.1, 0.15) is 18.1 Å². The van der Waals surface area contributed by atoms with Gasteiger partial charge in [-0.15, -0.1) is 11.6 Å². The highest BCUT2D eigenvalue weighted by Crippen LogP contribution is 2.22. The quantitative estimate of drug-likeness (QED) is 0.833. The Morgan fingerprint density at radius 2 is 2.24 bits per heavy atom. The minimum Gasteiger partial charge on any atom is -0.497 e. The van der Waals surface area contributed by atoms with E-state index >= 15 is 0 Å². The zero-order valence-electron chi connectivity index (χ0n) is 12.5. The molecule has 0 radical (unpaired) electrons. The molecule has 0 bridgehead atoms. The summed E-state index contributed by atoms with van der Waals surface area (Å²) in [5.41, 5.74) is 1.72. The Morgan fingerprint density at radius 1 is 1.48 bits per heavy atom. The lowest BCUT2D eigenvalue weighted by atomic mass is 10.3. The van der Waals surface area contributed by atoms with Crippen LogP contribution in [0.25, 0.3) is 11.0 Å². The van der Waals surface area contributed by atoms with Gasteiger partial charge in [0.25, 0.3) is 0 Å². The van der Waals surface area contributed by atoms with E-state index in [0.29, 0.717) is 12.3 Å². The van der Waals surface area contributed by atoms with Gasteiger partial charge < -0.3 is 14.6 Å². The van der Waals surface area contributed by atoms with Crippen molar-refractivity contribution in [3.8, 4) is 5.75 Å². The van der Waals surface area contributed by atoms with Gasteiger partial charge in [-0.1, -0.05) is 0 Å². The largest absolute Gasteiger partial charge is 0.497 e. The first kappa shape index (κ1) is 15.6. The number of amides is 1. The summed E-state index contributed by atoms with van der Waals surface area (Å²) in [5, 5.41) is 2.89. The van der Waals surface area contributed by atoms with E-state index in [2.05, 4.69) is 10.3 Å². The number of carbonyl (C=O) groups excluding carboxylic acids is 1. The van der Waals surface area contributed by atoms with Crippen LogP contribution in [0.5, 0.6) is 5.75 Å². The summed E-state index contributed by atoms with van der Waals surface area (Å²) in [5.74, 6) is 1.98. The van der Waals surface area contributed by atoms with E-state index in [1.807, 2.05) is 36.6 Å². The molecule has 114 valence electrons. The smallest absolute Gasteiger partial charge is 0.240 e. The average molecular weight is 310 g/mol. The van der Waals surface area contributed by atoms with Crippen molar-refractivity contribution in [2.45, 2.75) is 32.9 Å². The third-order valence-electron chi connectivity index (χ3n) is 3.10. The maximum Gasteiger partial charge on any atom is 0.240 e. The lowest BCUT2D eigenvalue weighted by Crippen LogP contribution is -2.33. The molecule has 0 saturated carbocycles. The van der Waals surface area contributed by atoms with Crippen molar-refractivity contribution in [3.05, 3.63) is 24.0 Å². The zero-order chi connectivity index (χ0) is 15.4. The number of aromatic nitrogens is 2. The van der Waals surface area contributed by atoms with Gasteiger partial charge in [0.15, 0.2) is 0 Å². The van der Waals surface area contributed by atoms with Crippen LogP contribution in [0.15, 0.2) is 18.2 Å². The zero-order valence-corrected chi connectivity index (χ0v) is 13.3. The molecule has 0 fully saturated rings. The molecule has 1 aromatic carbocycles. The molecular formula is C15H20ClN3O2. The molecule has 21 heavy (non-hydrogen) atoms. The fraction of sp³-hybridized carbons (Fsp3) is 0.467. The highest BCUT2D eigenvalue weighted by molar-refractivity contribution is 6.17. The van der Waals surface area contributed by atoms with E-state index < -0.39 is 0 Å². The second-order valence-corrected chi connectivity index (χ2v) is 5.51. The van der Waals surface area contributed by atoms with Crippen LogP contribution in [0.3, 0.4) is 0 Å². The fourth-order valence-electron chi connectivity index (χ4n) is 2.24. The van der Waals surface area contributed by atoms with Crippen molar-refractivity contribution in [1.29, 1.82) is 0 Å². The number of aryl methyl sites for hydroxylation is 1. The Balaban J connectivity index is 2.41. The number of alkyl halides is 1. The standard InChI is InChI=1S/C15H20ClN3O2/c1-10(2)17-15(20)9-19-13-8-11(21-3)4-5-12(13)18-14(19)6-7-16/h4-5,8,10H,6-7,9H2,1-3H3,(H,17,20). The maximum absolute atomic E-state index is 12.1. The predicted molar refractivity (Wildman–Crippen MR) is 84.0 cm³/mol. The molecule has 0 aliphatic carbocycles. The van der Waals surface area contributed by atoms with Gasteiger partial charge in [-0.3, -0.25) is 4.79 Å². The Kier molecular flexibility index (Phi) is 5.07. The third kappa shape index (κ3) is 3.67. The summed E-state index contributed by atoms with van der Waals surface area (Å²) in [7, 11) is 1.62. The van der Waals surface area contributed by atoms with Gasteiger partial charge >= 0.3 is 0 Å². The molecule has 1 heterocycles. The normalized spacial score (nSPS) is 11.1. The average Bonchev–Trinajstić information content (AvgIpc) is 2.75. The molecule has 0 atom stereocenters. The Labute approximate surface area is 129 Å². The van der Waals surface area contributed by atoms with E-state index in [9.17, 15) is 4.79 Å². The molecular weight excluding hydrogens is 290 g/mol. The summed E-state index contributed by atoms with van der Waals surface area (Å²) in [6.45, 7) is 4.10. The van der Waals surface area contributed by atoms with Gasteiger partial charge in [-0.05, 0) is 26.0 Å². The van der Waals surface area contributed by atoms with Crippen LogP contribution in [0, 0.1) is 0 Å². The lowest BCUT2D eigenvalue weighted by Gasteiger charge is -2.11. The van der Waals surface area contributed by atoms with Crippen molar-refractivity contribution < 1.29 is 9.53 Å². The molecule has 0 spiro atoms. The summed E-state index contributed by atoms with van der Waals surface area (Å²) < 4.78 is 7.15. The highest BCUT2D eigenvalue weighted by Gasteiger charge is 2.14. The van der Waals surface area contributed by atoms with Gasteiger partial charge in [0.2, 0.25) is 5.91 Å². The first-order valence-electron chi connectivity index (χ1n) is 6.93. The van der Waals surface area contributed by atoms with Crippen molar-refractivity contribution in [2.75, 3.05) is 13.0 Å². The van der Waals surface area contributed by atoms with Crippen LogP contribution in [0.2, 0.25) is 0 Å². The number of imidazole rings is 1. The molecule has 5 nitrogen and oxygen atoms in total. The number of carbonyl (C=O) groups is 1. The molecule has 1 N–H and O–H groups in total. The molecule has 2 rings (SSSR count). The molecule has 0 saturated heterocycles. The number of nitrogens with zero attached hydrogens (tertiary/aromatic N) is 2. The molecule has 1 aromatic heterocycles. The Hall–Kier alpha value is -1.75. The minimum absolute atomic E-state index is 0.0389. The lowest BCUT2D eigenvalue weighted by molar-refractivity contribution is -0.122. The predicted octanol–water partition coefficient (Wildman–Crippen LogP) is 2.35. The second kappa shape index (κ2) is 6.80. The number of benzene rings is 1. The molecule has 6 heteroatoms. The van der Waals surface area contributed by atoms with Crippen LogP contribution in [-0.4, -0.2) is 34.5 Å². The van der Waals surface area contributed by atoms with Crippen molar-refractivity contribution in [2.24, 2.45) is 0 Å². The van der Waals surface area contributed by atoms with E-state index in [0.717, 1.165) is 22.6 Å². The summed E-state index contributed by atoms with van der Waals surface area (Å²) in [4.78, 5) is 16.6. The minimum atomic E-state index is -0.0389. The summed E-state index contributed by atoms with van der Waals surface area (Å²) in [6.07, 6.45) is 0.619. The molecule has 0 unspecified atom stereocenters. The highest BCUT2D eigenvalue weighted by atomic mass is 35.5. The molecule has 2 aromatic rings. The van der Waals surface area contributed by atoms with E-state index in [1.165, 1.54) is 0 Å². The number of fused-ring (bicyclic) bond motifs is 1. The van der Waals surface area contributed by atoms with Gasteiger partial charge in [-0.25, -0.2) is 4.98 Å².